The van der Waals surface area contributed by atoms with Crippen molar-refractivity contribution < 1.29 is 14.2 Å². The Labute approximate surface area is 107 Å². The highest BCUT2D eigenvalue weighted by molar-refractivity contribution is 5.31. The summed E-state index contributed by atoms with van der Waals surface area (Å²) in [7, 11) is 0. The van der Waals surface area contributed by atoms with Crippen LogP contribution in [-0.2, 0) is 0 Å². The highest BCUT2D eigenvalue weighted by atomic mass is 19.1. The van der Waals surface area contributed by atoms with E-state index < -0.39 is 0 Å². The third-order valence-corrected chi connectivity index (χ3v) is 3.39. The summed E-state index contributed by atoms with van der Waals surface area (Å²) in [6, 6.07) is 4.86. The topological polar surface area (TPSA) is 32.7 Å². The summed E-state index contributed by atoms with van der Waals surface area (Å²) in [5.74, 6) is -0.0774. The van der Waals surface area contributed by atoms with Gasteiger partial charge in [0, 0.05) is 0 Å². The standard InChI is InChI=1S/C14H20FNO2/c1-2-18-14-6-5-11(9-12(14)15)13(10-17)16-7-3-4-8-16/h5-6,9,13,17H,2-4,7-8,10H2,1H3. The number of ether oxygens (including phenoxy) is 1. The van der Waals surface area contributed by atoms with Gasteiger partial charge >= 0.3 is 0 Å². The molecule has 0 aromatic heterocycles. The van der Waals surface area contributed by atoms with Gasteiger partial charge in [0.2, 0.25) is 0 Å². The first-order chi connectivity index (χ1) is 8.76. The molecule has 0 aliphatic carbocycles. The van der Waals surface area contributed by atoms with Crippen molar-refractivity contribution in [3.8, 4) is 5.75 Å². The van der Waals surface area contributed by atoms with Crippen LogP contribution in [0.25, 0.3) is 0 Å². The summed E-state index contributed by atoms with van der Waals surface area (Å²) < 4.78 is 19.0. The Bertz CT molecular complexity index is 391. The molecular formula is C14H20FNO2. The molecule has 4 heteroatoms. The molecule has 1 fully saturated rings. The minimum atomic E-state index is -0.355. The summed E-state index contributed by atoms with van der Waals surface area (Å²) in [5.41, 5.74) is 0.820. The predicted octanol–water partition coefficient (Wildman–Crippen LogP) is 2.35. The van der Waals surface area contributed by atoms with Crippen molar-refractivity contribution in [3.05, 3.63) is 29.6 Å². The normalized spacial score (nSPS) is 17.9. The molecule has 100 valence electrons. The lowest BCUT2D eigenvalue weighted by Crippen LogP contribution is -2.28. The molecular weight excluding hydrogens is 233 g/mol. The fraction of sp³-hybridized carbons (Fsp3) is 0.571. The third-order valence-electron chi connectivity index (χ3n) is 3.39. The summed E-state index contributed by atoms with van der Waals surface area (Å²) in [5, 5.41) is 9.51. The zero-order chi connectivity index (χ0) is 13.0. The van der Waals surface area contributed by atoms with E-state index in [4.69, 9.17) is 4.74 Å². The molecule has 1 aliphatic rings. The highest BCUT2D eigenvalue weighted by Gasteiger charge is 2.23. The number of rotatable bonds is 5. The SMILES string of the molecule is CCOc1ccc(C(CO)N2CCCC2)cc1F. The molecule has 1 atom stereocenters. The van der Waals surface area contributed by atoms with Crippen molar-refractivity contribution in [1.82, 2.24) is 4.90 Å². The van der Waals surface area contributed by atoms with Crippen LogP contribution in [0.15, 0.2) is 18.2 Å². The van der Waals surface area contributed by atoms with Crippen LogP contribution in [0.5, 0.6) is 5.75 Å². The lowest BCUT2D eigenvalue weighted by molar-refractivity contribution is 0.146. The molecule has 0 amide bonds. The van der Waals surface area contributed by atoms with Gasteiger partial charge in [-0.05, 0) is 50.6 Å². The average molecular weight is 253 g/mol. The van der Waals surface area contributed by atoms with Crippen LogP contribution < -0.4 is 4.74 Å². The maximum atomic E-state index is 13.8. The van der Waals surface area contributed by atoms with E-state index in [1.807, 2.05) is 13.0 Å². The maximum Gasteiger partial charge on any atom is 0.165 e. The van der Waals surface area contributed by atoms with Gasteiger partial charge < -0.3 is 9.84 Å². The average Bonchev–Trinajstić information content (AvgIpc) is 2.87. The predicted molar refractivity (Wildman–Crippen MR) is 68.2 cm³/mol. The van der Waals surface area contributed by atoms with E-state index in [1.54, 1.807) is 6.07 Å². The van der Waals surface area contributed by atoms with Crippen molar-refractivity contribution in [1.29, 1.82) is 0 Å². The zero-order valence-electron chi connectivity index (χ0n) is 10.7. The van der Waals surface area contributed by atoms with Crippen LogP contribution in [0.4, 0.5) is 4.39 Å². The van der Waals surface area contributed by atoms with Crippen LogP contribution in [-0.4, -0.2) is 36.3 Å². The Morgan fingerprint density at radius 3 is 2.67 bits per heavy atom. The second kappa shape index (κ2) is 6.16. The van der Waals surface area contributed by atoms with Gasteiger partial charge in [-0.1, -0.05) is 6.07 Å². The van der Waals surface area contributed by atoms with Crippen molar-refractivity contribution in [2.45, 2.75) is 25.8 Å². The summed E-state index contributed by atoms with van der Waals surface area (Å²) in [4.78, 5) is 2.20. The first-order valence-corrected chi connectivity index (χ1v) is 6.53. The monoisotopic (exact) mass is 253 g/mol. The fourth-order valence-electron chi connectivity index (χ4n) is 2.48. The first-order valence-electron chi connectivity index (χ1n) is 6.53. The molecule has 2 rings (SSSR count). The quantitative estimate of drug-likeness (QED) is 0.874. The van der Waals surface area contributed by atoms with E-state index in [2.05, 4.69) is 4.90 Å². The van der Waals surface area contributed by atoms with E-state index in [0.717, 1.165) is 31.5 Å². The molecule has 1 heterocycles. The first kappa shape index (κ1) is 13.3. The van der Waals surface area contributed by atoms with E-state index in [0.29, 0.717) is 6.61 Å². The number of benzene rings is 1. The molecule has 1 aromatic rings. The van der Waals surface area contributed by atoms with Gasteiger partial charge in [-0.25, -0.2) is 4.39 Å². The summed E-state index contributed by atoms with van der Waals surface area (Å²) in [6.45, 7) is 4.24. The van der Waals surface area contributed by atoms with Crippen LogP contribution >= 0.6 is 0 Å². The highest BCUT2D eigenvalue weighted by Crippen LogP contribution is 2.28. The van der Waals surface area contributed by atoms with E-state index in [9.17, 15) is 9.50 Å². The largest absolute Gasteiger partial charge is 0.491 e. The molecule has 0 bridgehead atoms. The number of hydrogen-bond donors (Lipinski definition) is 1. The minimum Gasteiger partial charge on any atom is -0.491 e. The minimum absolute atomic E-state index is 0.0213. The smallest absolute Gasteiger partial charge is 0.165 e. The Morgan fingerprint density at radius 2 is 2.11 bits per heavy atom. The van der Waals surface area contributed by atoms with Crippen molar-refractivity contribution >= 4 is 0 Å². The van der Waals surface area contributed by atoms with Crippen LogP contribution in [0.3, 0.4) is 0 Å². The molecule has 1 aliphatic heterocycles. The molecule has 1 saturated heterocycles. The third kappa shape index (κ3) is 2.82. The summed E-state index contributed by atoms with van der Waals surface area (Å²) >= 11 is 0. The van der Waals surface area contributed by atoms with Gasteiger partial charge in [-0.3, -0.25) is 4.90 Å². The van der Waals surface area contributed by atoms with E-state index in [-0.39, 0.29) is 24.2 Å². The molecule has 18 heavy (non-hydrogen) atoms. The summed E-state index contributed by atoms with van der Waals surface area (Å²) in [6.07, 6.45) is 2.30. The zero-order valence-corrected chi connectivity index (χ0v) is 10.7. The molecule has 3 nitrogen and oxygen atoms in total. The maximum absolute atomic E-state index is 13.8. The molecule has 0 saturated carbocycles. The Hall–Kier alpha value is -1.13. The van der Waals surface area contributed by atoms with Crippen molar-refractivity contribution in [3.63, 3.8) is 0 Å². The van der Waals surface area contributed by atoms with Gasteiger partial charge in [-0.15, -0.1) is 0 Å². The van der Waals surface area contributed by atoms with Crippen LogP contribution in [0.2, 0.25) is 0 Å². The Kier molecular flexibility index (Phi) is 4.55. The van der Waals surface area contributed by atoms with E-state index >= 15 is 0 Å². The van der Waals surface area contributed by atoms with Gasteiger partial charge in [0.15, 0.2) is 11.6 Å². The van der Waals surface area contributed by atoms with Crippen molar-refractivity contribution in [2.24, 2.45) is 0 Å². The van der Waals surface area contributed by atoms with E-state index in [1.165, 1.54) is 6.07 Å². The molecule has 1 aromatic carbocycles. The number of aliphatic hydroxyl groups is 1. The second-order valence-corrected chi connectivity index (χ2v) is 4.56. The molecule has 1 unspecified atom stereocenters. The Balaban J connectivity index is 2.17. The number of likely N-dealkylation sites (tertiary alicyclic amines) is 1. The number of aliphatic hydroxyl groups excluding tert-OH is 1. The van der Waals surface area contributed by atoms with Crippen molar-refractivity contribution in [2.75, 3.05) is 26.3 Å². The van der Waals surface area contributed by atoms with Crippen LogP contribution in [0.1, 0.15) is 31.4 Å². The van der Waals surface area contributed by atoms with Gasteiger partial charge in [0.05, 0.1) is 19.3 Å². The molecule has 0 radical (unpaired) electrons. The molecule has 1 N–H and O–H groups in total. The number of halogens is 1. The molecule has 0 spiro atoms. The van der Waals surface area contributed by atoms with Gasteiger partial charge in [-0.2, -0.15) is 0 Å². The lowest BCUT2D eigenvalue weighted by atomic mass is 10.1. The van der Waals surface area contributed by atoms with Gasteiger partial charge in [0.1, 0.15) is 0 Å². The number of nitrogens with zero attached hydrogens (tertiary/aromatic N) is 1. The van der Waals surface area contributed by atoms with Gasteiger partial charge in [0.25, 0.3) is 0 Å². The fourth-order valence-corrected chi connectivity index (χ4v) is 2.48. The second-order valence-electron chi connectivity index (χ2n) is 4.56. The Morgan fingerprint density at radius 1 is 1.39 bits per heavy atom. The van der Waals surface area contributed by atoms with Crippen LogP contribution in [0, 0.1) is 5.82 Å². The number of hydrogen-bond acceptors (Lipinski definition) is 3. The lowest BCUT2D eigenvalue weighted by Gasteiger charge is -2.26.